The van der Waals surface area contributed by atoms with Gasteiger partial charge in [-0.25, -0.2) is 0 Å². The van der Waals surface area contributed by atoms with Gasteiger partial charge in [-0.15, -0.1) is 0 Å². The molecule has 2 heteroatoms. The Morgan fingerprint density at radius 1 is 1.08 bits per heavy atom. The zero-order chi connectivity index (χ0) is 9.56. The molecule has 0 radical (unpaired) electrons. The molecule has 0 unspecified atom stereocenters. The molecule has 0 saturated carbocycles. The second-order valence-electron chi connectivity index (χ2n) is 3.07. The van der Waals surface area contributed by atoms with Crippen molar-refractivity contribution in [3.05, 3.63) is 35.4 Å². The fraction of sp³-hybridized carbons (Fsp3) is 0.400. The Hall–Kier alpha value is 0.133. The Balaban J connectivity index is 0.000000561. The van der Waals surface area contributed by atoms with Gasteiger partial charge in [0.25, 0.3) is 0 Å². The van der Waals surface area contributed by atoms with Crippen molar-refractivity contribution in [2.24, 2.45) is 0 Å². The zero-order valence-corrected chi connectivity index (χ0v) is 10.1. The van der Waals surface area contributed by atoms with Crippen LogP contribution in [0.25, 0.3) is 0 Å². The molecule has 1 aromatic rings. The molecule has 0 nitrogen and oxygen atoms in total. The summed E-state index contributed by atoms with van der Waals surface area (Å²) in [5.41, 5.74) is 2.76. The van der Waals surface area contributed by atoms with E-state index in [4.69, 9.17) is 0 Å². The van der Waals surface area contributed by atoms with E-state index in [1.807, 2.05) is 17.3 Å². The monoisotopic (exact) mass is 271 g/mol. The number of benzene rings is 1. The maximum atomic E-state index is 4.57. The molecule has 0 N–H and O–H groups in total. The third-order valence-corrected chi connectivity index (χ3v) is 1.74. The summed E-state index contributed by atoms with van der Waals surface area (Å²) in [6.07, 6.45) is 0. The summed E-state index contributed by atoms with van der Waals surface area (Å²) in [6.45, 7) is 6.54. The van der Waals surface area contributed by atoms with Crippen LogP contribution in [0.5, 0.6) is 0 Å². The average Bonchev–Trinajstić information content (AvgIpc) is 2.09. The van der Waals surface area contributed by atoms with Crippen LogP contribution in [0.15, 0.2) is 24.3 Å². The summed E-state index contributed by atoms with van der Waals surface area (Å²) in [4.78, 5) is 0. The molecule has 1 aromatic carbocycles. The van der Waals surface area contributed by atoms with E-state index in [1.54, 1.807) is 0 Å². The predicted octanol–water partition coefficient (Wildman–Crippen LogP) is 3.81. The summed E-state index contributed by atoms with van der Waals surface area (Å²) in [7, 11) is 4.57. The molecule has 1 rings (SSSR count). The van der Waals surface area contributed by atoms with Gasteiger partial charge in [-0.1, -0.05) is 43.7 Å². The molecule has 0 amide bonds. The number of hydrogen-bond donors (Lipinski definition) is 0. The van der Waals surface area contributed by atoms with Crippen molar-refractivity contribution in [1.82, 2.24) is 0 Å². The van der Waals surface area contributed by atoms with Crippen LogP contribution in [-0.4, -0.2) is 0 Å². The molecule has 0 heterocycles. The van der Waals surface area contributed by atoms with E-state index in [-0.39, 0.29) is 0 Å². The Labute approximate surface area is 89.0 Å². The van der Waals surface area contributed by atoms with Gasteiger partial charge in [-0.3, -0.25) is 0 Å². The van der Waals surface area contributed by atoms with Crippen LogP contribution < -0.4 is 0 Å². The number of aryl methyl sites for hydroxylation is 1. The van der Waals surface area contributed by atoms with Gasteiger partial charge in [0.2, 0.25) is 0 Å². The van der Waals surface area contributed by atoms with E-state index in [0.717, 1.165) is 0 Å². The molecular weight excluding hydrogens is 257 g/mol. The SMILES string of the molecule is Cc1ccc(C(C)C)cc1.[Cl][Ru]. The van der Waals surface area contributed by atoms with Crippen molar-refractivity contribution in [3.63, 3.8) is 0 Å². The molecule has 0 saturated heterocycles. The molecule has 0 atom stereocenters. The maximum absolute atomic E-state index is 4.57. The van der Waals surface area contributed by atoms with Gasteiger partial charge in [-0.05, 0) is 18.4 Å². The Morgan fingerprint density at radius 2 is 1.50 bits per heavy atom. The van der Waals surface area contributed by atoms with Crippen LogP contribution in [0.2, 0.25) is 0 Å². The number of hydrogen-bond acceptors (Lipinski definition) is 0. The Morgan fingerprint density at radius 3 is 1.83 bits per heavy atom. The predicted molar refractivity (Wildman–Crippen MR) is 51.1 cm³/mol. The van der Waals surface area contributed by atoms with Crippen LogP contribution in [0.3, 0.4) is 0 Å². The Bertz CT molecular complexity index is 204. The molecule has 0 aliphatic heterocycles. The third kappa shape index (κ3) is 4.23. The van der Waals surface area contributed by atoms with E-state index >= 15 is 0 Å². The summed E-state index contributed by atoms with van der Waals surface area (Å²) in [5, 5.41) is 0. The second-order valence-corrected chi connectivity index (χ2v) is 3.07. The van der Waals surface area contributed by atoms with Crippen molar-refractivity contribution in [3.8, 4) is 0 Å². The van der Waals surface area contributed by atoms with Gasteiger partial charge in [-0.2, -0.15) is 0 Å². The first-order valence-electron chi connectivity index (χ1n) is 3.90. The molecule has 0 aromatic heterocycles. The van der Waals surface area contributed by atoms with Crippen molar-refractivity contribution in [2.75, 3.05) is 0 Å². The van der Waals surface area contributed by atoms with Crippen molar-refractivity contribution < 1.29 is 17.3 Å². The minimum atomic E-state index is 0.653. The van der Waals surface area contributed by atoms with E-state index in [9.17, 15) is 0 Å². The van der Waals surface area contributed by atoms with Gasteiger partial charge in [0.15, 0.2) is 0 Å². The molecule has 0 aliphatic rings. The first-order valence-corrected chi connectivity index (χ1v) is 6.14. The number of halogens is 1. The van der Waals surface area contributed by atoms with Crippen LogP contribution in [0.4, 0.5) is 0 Å². The Kier molecular flexibility index (Phi) is 6.70. The van der Waals surface area contributed by atoms with Crippen LogP contribution in [-0.2, 0) is 17.3 Å². The quantitative estimate of drug-likeness (QED) is 0.681. The van der Waals surface area contributed by atoms with Gasteiger partial charge in [0.05, 0.1) is 0 Å². The first-order chi connectivity index (χ1) is 5.70. The normalized spacial score (nSPS) is 9.17. The van der Waals surface area contributed by atoms with Gasteiger partial charge < -0.3 is 0 Å². The van der Waals surface area contributed by atoms with Crippen molar-refractivity contribution in [2.45, 2.75) is 26.7 Å². The van der Waals surface area contributed by atoms with E-state index in [0.29, 0.717) is 5.92 Å². The minimum absolute atomic E-state index is 0.653. The third-order valence-electron chi connectivity index (χ3n) is 1.74. The summed E-state index contributed by atoms with van der Waals surface area (Å²) in [6, 6.07) is 8.71. The average molecular weight is 271 g/mol. The van der Waals surface area contributed by atoms with Crippen LogP contribution >= 0.6 is 9.69 Å². The summed E-state index contributed by atoms with van der Waals surface area (Å²) in [5.74, 6) is 0.653. The van der Waals surface area contributed by atoms with Crippen molar-refractivity contribution in [1.29, 1.82) is 0 Å². The van der Waals surface area contributed by atoms with Crippen LogP contribution in [0.1, 0.15) is 30.9 Å². The standard InChI is InChI=1S/C10H14.ClH.Ru/c1-8(2)10-6-4-9(3)5-7-10;;/h4-8H,1-3H3;1H;/q;;+1/p-1. The summed E-state index contributed by atoms with van der Waals surface area (Å²) >= 11 is 1.82. The topological polar surface area (TPSA) is 0 Å². The number of rotatable bonds is 1. The summed E-state index contributed by atoms with van der Waals surface area (Å²) < 4.78 is 0. The van der Waals surface area contributed by atoms with Gasteiger partial charge in [0.1, 0.15) is 0 Å². The van der Waals surface area contributed by atoms with Gasteiger partial charge >= 0.3 is 27.0 Å². The molecule has 0 spiro atoms. The fourth-order valence-electron chi connectivity index (χ4n) is 0.951. The molecule has 0 fully saturated rings. The fourth-order valence-corrected chi connectivity index (χ4v) is 0.951. The van der Waals surface area contributed by atoms with Gasteiger partial charge in [0, 0.05) is 0 Å². The molecule has 0 aliphatic carbocycles. The molecule has 0 bridgehead atoms. The van der Waals surface area contributed by atoms with Crippen LogP contribution in [0, 0.1) is 6.92 Å². The second kappa shape index (κ2) is 6.63. The molecule has 12 heavy (non-hydrogen) atoms. The molecular formula is C10H14ClRu. The van der Waals surface area contributed by atoms with E-state index < -0.39 is 0 Å². The first kappa shape index (κ1) is 12.1. The molecule has 69 valence electrons. The van der Waals surface area contributed by atoms with Crippen molar-refractivity contribution >= 4 is 9.69 Å². The zero-order valence-electron chi connectivity index (χ0n) is 7.62. The van der Waals surface area contributed by atoms with E-state index in [1.165, 1.54) is 11.1 Å². The van der Waals surface area contributed by atoms with E-state index in [2.05, 4.69) is 54.7 Å².